The van der Waals surface area contributed by atoms with Crippen LogP contribution in [0.1, 0.15) is 32.2 Å². The van der Waals surface area contributed by atoms with Gasteiger partial charge in [-0.2, -0.15) is 0 Å². The Bertz CT molecular complexity index is 331. The monoisotopic (exact) mass is 222 g/mol. The predicted octanol–water partition coefficient (Wildman–Crippen LogP) is 1.68. The van der Waals surface area contributed by atoms with Crippen LogP contribution in [0.2, 0.25) is 0 Å². The van der Waals surface area contributed by atoms with Gasteiger partial charge in [0.15, 0.2) is 0 Å². The molecule has 0 aliphatic rings. The molecule has 0 fully saturated rings. The molecular formula is C13H22N2O. The number of aromatic nitrogens is 1. The fourth-order valence-corrected chi connectivity index (χ4v) is 1.45. The first-order chi connectivity index (χ1) is 7.37. The number of pyridine rings is 1. The Balaban J connectivity index is 2.43. The van der Waals surface area contributed by atoms with Crippen molar-refractivity contribution in [3.8, 4) is 0 Å². The first kappa shape index (κ1) is 13.1. The van der Waals surface area contributed by atoms with E-state index in [9.17, 15) is 5.11 Å². The van der Waals surface area contributed by atoms with E-state index in [1.54, 1.807) is 0 Å². The van der Waals surface area contributed by atoms with Gasteiger partial charge in [-0.15, -0.1) is 0 Å². The minimum Gasteiger partial charge on any atom is -0.391 e. The van der Waals surface area contributed by atoms with Crippen molar-refractivity contribution in [2.45, 2.75) is 45.8 Å². The highest BCUT2D eigenvalue weighted by Gasteiger charge is 2.12. The Morgan fingerprint density at radius 3 is 2.62 bits per heavy atom. The van der Waals surface area contributed by atoms with Crippen molar-refractivity contribution in [2.24, 2.45) is 0 Å². The summed E-state index contributed by atoms with van der Waals surface area (Å²) in [6.07, 6.45) is 0.221. The molecule has 0 aromatic carbocycles. The summed E-state index contributed by atoms with van der Waals surface area (Å²) in [5.74, 6) is 0. The van der Waals surface area contributed by atoms with E-state index in [1.165, 1.54) is 0 Å². The minimum atomic E-state index is -0.381. The van der Waals surface area contributed by atoms with Crippen LogP contribution in [0.5, 0.6) is 0 Å². The molecule has 3 nitrogen and oxygen atoms in total. The van der Waals surface area contributed by atoms with Gasteiger partial charge >= 0.3 is 0 Å². The van der Waals surface area contributed by atoms with E-state index in [-0.39, 0.29) is 11.6 Å². The van der Waals surface area contributed by atoms with Gasteiger partial charge in [0.1, 0.15) is 0 Å². The molecule has 0 saturated carbocycles. The number of nitrogens with one attached hydrogen (secondary N) is 1. The molecule has 0 saturated heterocycles. The number of aliphatic hydroxyl groups is 1. The van der Waals surface area contributed by atoms with Crippen LogP contribution < -0.4 is 5.32 Å². The first-order valence-corrected chi connectivity index (χ1v) is 5.72. The van der Waals surface area contributed by atoms with Gasteiger partial charge < -0.3 is 10.4 Å². The minimum absolute atomic E-state index is 0.0427. The molecule has 1 atom stereocenters. The van der Waals surface area contributed by atoms with E-state index in [0.717, 1.165) is 11.4 Å². The van der Waals surface area contributed by atoms with Crippen molar-refractivity contribution in [3.05, 3.63) is 29.6 Å². The second kappa shape index (κ2) is 5.41. The summed E-state index contributed by atoms with van der Waals surface area (Å²) in [6.45, 7) is 8.82. The van der Waals surface area contributed by atoms with E-state index >= 15 is 0 Å². The van der Waals surface area contributed by atoms with Crippen LogP contribution in [-0.4, -0.2) is 28.3 Å². The molecule has 0 amide bonds. The van der Waals surface area contributed by atoms with Crippen molar-refractivity contribution in [2.75, 3.05) is 6.54 Å². The molecule has 0 unspecified atom stereocenters. The van der Waals surface area contributed by atoms with E-state index in [1.807, 2.05) is 25.1 Å². The number of rotatable bonds is 4. The SMILES string of the molecule is Cc1cccc(C[C@@H](O)CNC(C)(C)C)n1. The highest BCUT2D eigenvalue weighted by Crippen LogP contribution is 2.03. The molecule has 90 valence electrons. The highest BCUT2D eigenvalue weighted by atomic mass is 16.3. The number of β-amino-alcohol motifs (C(OH)–C–C–N with tert-alkyl or cyclic N) is 1. The van der Waals surface area contributed by atoms with E-state index < -0.39 is 0 Å². The lowest BCUT2D eigenvalue weighted by Crippen LogP contribution is -2.41. The summed E-state index contributed by atoms with van der Waals surface area (Å²) in [4.78, 5) is 4.37. The van der Waals surface area contributed by atoms with Gasteiger partial charge in [0, 0.05) is 29.9 Å². The molecule has 2 N–H and O–H groups in total. The van der Waals surface area contributed by atoms with Crippen LogP contribution in [-0.2, 0) is 6.42 Å². The molecule has 0 radical (unpaired) electrons. The maximum atomic E-state index is 9.85. The first-order valence-electron chi connectivity index (χ1n) is 5.72. The second-order valence-corrected chi connectivity index (χ2v) is 5.26. The van der Waals surface area contributed by atoms with E-state index in [4.69, 9.17) is 0 Å². The summed E-state index contributed by atoms with van der Waals surface area (Å²) in [6, 6.07) is 5.89. The molecule has 0 aliphatic carbocycles. The Morgan fingerprint density at radius 2 is 2.06 bits per heavy atom. The van der Waals surface area contributed by atoms with Crippen LogP contribution >= 0.6 is 0 Å². The molecule has 1 aromatic rings. The predicted molar refractivity (Wildman–Crippen MR) is 66.4 cm³/mol. The standard InChI is InChI=1S/C13H22N2O/c1-10-6-5-7-11(15-10)8-12(16)9-14-13(2,3)4/h5-7,12,14,16H,8-9H2,1-4H3/t12-/m1/s1. The fraction of sp³-hybridized carbons (Fsp3) is 0.615. The van der Waals surface area contributed by atoms with Crippen molar-refractivity contribution < 1.29 is 5.11 Å². The average molecular weight is 222 g/mol. The van der Waals surface area contributed by atoms with Gasteiger partial charge in [-0.1, -0.05) is 6.07 Å². The van der Waals surface area contributed by atoms with Crippen LogP contribution in [0.3, 0.4) is 0 Å². The quantitative estimate of drug-likeness (QED) is 0.814. The van der Waals surface area contributed by atoms with Gasteiger partial charge in [0.25, 0.3) is 0 Å². The van der Waals surface area contributed by atoms with Gasteiger partial charge in [0.2, 0.25) is 0 Å². The van der Waals surface area contributed by atoms with E-state index in [2.05, 4.69) is 31.1 Å². The van der Waals surface area contributed by atoms with Crippen molar-refractivity contribution in [1.82, 2.24) is 10.3 Å². The third-order valence-corrected chi connectivity index (χ3v) is 2.26. The molecule has 16 heavy (non-hydrogen) atoms. The summed E-state index contributed by atoms with van der Waals surface area (Å²) >= 11 is 0. The summed E-state index contributed by atoms with van der Waals surface area (Å²) in [5.41, 5.74) is 1.98. The molecular weight excluding hydrogens is 200 g/mol. The number of hydrogen-bond acceptors (Lipinski definition) is 3. The Labute approximate surface area is 97.9 Å². The number of aliphatic hydroxyl groups excluding tert-OH is 1. The van der Waals surface area contributed by atoms with Gasteiger partial charge in [0.05, 0.1) is 6.10 Å². The molecule has 1 aromatic heterocycles. The van der Waals surface area contributed by atoms with Crippen LogP contribution in [0, 0.1) is 6.92 Å². The van der Waals surface area contributed by atoms with Crippen molar-refractivity contribution >= 4 is 0 Å². The molecule has 0 bridgehead atoms. The third kappa shape index (κ3) is 5.24. The molecule has 1 heterocycles. The number of aryl methyl sites for hydroxylation is 1. The summed E-state index contributed by atoms with van der Waals surface area (Å²) in [5, 5.41) is 13.1. The van der Waals surface area contributed by atoms with E-state index in [0.29, 0.717) is 13.0 Å². The number of nitrogens with zero attached hydrogens (tertiary/aromatic N) is 1. The van der Waals surface area contributed by atoms with Gasteiger partial charge in [-0.05, 0) is 39.8 Å². The lowest BCUT2D eigenvalue weighted by molar-refractivity contribution is 0.160. The Hall–Kier alpha value is -0.930. The smallest absolute Gasteiger partial charge is 0.0720 e. The van der Waals surface area contributed by atoms with Crippen molar-refractivity contribution in [3.63, 3.8) is 0 Å². The number of hydrogen-bond donors (Lipinski definition) is 2. The maximum absolute atomic E-state index is 9.85. The lowest BCUT2D eigenvalue weighted by Gasteiger charge is -2.22. The summed E-state index contributed by atoms with van der Waals surface area (Å²) < 4.78 is 0. The summed E-state index contributed by atoms with van der Waals surface area (Å²) in [7, 11) is 0. The topological polar surface area (TPSA) is 45.1 Å². The maximum Gasteiger partial charge on any atom is 0.0720 e. The largest absolute Gasteiger partial charge is 0.391 e. The van der Waals surface area contributed by atoms with Crippen LogP contribution in [0.4, 0.5) is 0 Å². The molecule has 1 rings (SSSR count). The highest BCUT2D eigenvalue weighted by molar-refractivity contribution is 5.10. The van der Waals surface area contributed by atoms with Crippen molar-refractivity contribution in [1.29, 1.82) is 0 Å². The molecule has 0 spiro atoms. The zero-order chi connectivity index (χ0) is 12.2. The average Bonchev–Trinajstić information content (AvgIpc) is 2.14. The van der Waals surface area contributed by atoms with Gasteiger partial charge in [-0.3, -0.25) is 4.98 Å². The molecule has 0 aliphatic heterocycles. The second-order valence-electron chi connectivity index (χ2n) is 5.26. The Morgan fingerprint density at radius 1 is 1.38 bits per heavy atom. The normalized spacial score (nSPS) is 13.8. The van der Waals surface area contributed by atoms with Gasteiger partial charge in [-0.25, -0.2) is 0 Å². The van der Waals surface area contributed by atoms with Crippen LogP contribution in [0.25, 0.3) is 0 Å². The zero-order valence-electron chi connectivity index (χ0n) is 10.6. The van der Waals surface area contributed by atoms with Crippen LogP contribution in [0.15, 0.2) is 18.2 Å². The molecule has 3 heteroatoms. The third-order valence-electron chi connectivity index (χ3n) is 2.26. The Kier molecular flexibility index (Phi) is 4.44. The fourth-order valence-electron chi connectivity index (χ4n) is 1.45. The lowest BCUT2D eigenvalue weighted by atomic mass is 10.1. The zero-order valence-corrected chi connectivity index (χ0v) is 10.6.